The van der Waals surface area contributed by atoms with Gasteiger partial charge in [-0.15, -0.1) is 24.4 Å². The van der Waals surface area contributed by atoms with Gasteiger partial charge in [0.25, 0.3) is 0 Å². The highest BCUT2D eigenvalue weighted by Crippen LogP contribution is 2.31. The van der Waals surface area contributed by atoms with E-state index < -0.39 is 5.60 Å². The Bertz CT molecular complexity index is 745. The topological polar surface area (TPSA) is 81.6 Å². The van der Waals surface area contributed by atoms with Gasteiger partial charge in [0, 0.05) is 39.5 Å². The molecule has 29 heavy (non-hydrogen) atoms. The number of hydrogen-bond donors (Lipinski definition) is 3. The highest BCUT2D eigenvalue weighted by atomic mass is 32.2. The van der Waals surface area contributed by atoms with Crippen molar-refractivity contribution in [2.45, 2.75) is 54.3 Å². The number of carbonyl (C=O) groups excluding carboxylic acids is 1. The van der Waals surface area contributed by atoms with Crippen LogP contribution in [-0.2, 0) is 4.74 Å². The zero-order chi connectivity index (χ0) is 21.4. The SMILES string of the molecule is CC(C)(C)OC(=O)N1CCC(Sc2ccc(N)cc2)CC1.Nc1ccc(S)cc1. The number of anilines is 2. The van der Waals surface area contributed by atoms with E-state index in [0.717, 1.165) is 42.2 Å². The average molecular weight is 434 g/mol. The molecule has 0 atom stereocenters. The number of hydrogen-bond acceptors (Lipinski definition) is 6. The number of rotatable bonds is 2. The molecule has 0 aliphatic carbocycles. The standard InChI is InChI=1S/C16H24N2O2S.C6H7NS/c1-16(2,3)20-15(19)18-10-8-14(9-11-18)21-13-6-4-12(17)5-7-13;7-5-1-3-6(8)4-2-5/h4-7,14H,8-11,17H2,1-3H3;1-4,8H,7H2. The number of ether oxygens (including phenoxy) is 1. The molecule has 1 fully saturated rings. The average Bonchev–Trinajstić information content (AvgIpc) is 2.66. The van der Waals surface area contributed by atoms with E-state index in [-0.39, 0.29) is 6.09 Å². The molecule has 3 rings (SSSR count). The van der Waals surface area contributed by atoms with E-state index in [1.165, 1.54) is 4.90 Å². The fourth-order valence-electron chi connectivity index (χ4n) is 2.70. The minimum atomic E-state index is -0.424. The van der Waals surface area contributed by atoms with Crippen LogP contribution in [-0.4, -0.2) is 34.9 Å². The maximum absolute atomic E-state index is 12.0. The second-order valence-corrected chi connectivity index (χ2v) is 9.84. The normalized spacial score (nSPS) is 14.7. The summed E-state index contributed by atoms with van der Waals surface area (Å²) in [6.07, 6.45) is 1.79. The van der Waals surface area contributed by atoms with Crippen LogP contribution in [0.2, 0.25) is 0 Å². The van der Waals surface area contributed by atoms with E-state index in [1.807, 2.05) is 73.8 Å². The predicted octanol–water partition coefficient (Wildman–Crippen LogP) is 5.32. The number of nitrogens with zero attached hydrogens (tertiary/aromatic N) is 1. The summed E-state index contributed by atoms with van der Waals surface area (Å²) in [6, 6.07) is 15.3. The number of benzene rings is 2. The molecule has 7 heteroatoms. The predicted molar refractivity (Wildman–Crippen MR) is 126 cm³/mol. The third-order valence-electron chi connectivity index (χ3n) is 4.17. The summed E-state index contributed by atoms with van der Waals surface area (Å²) < 4.78 is 5.41. The van der Waals surface area contributed by atoms with Crippen molar-refractivity contribution in [1.29, 1.82) is 0 Å². The van der Waals surface area contributed by atoms with Crippen molar-refractivity contribution in [2.75, 3.05) is 24.6 Å². The van der Waals surface area contributed by atoms with Crippen molar-refractivity contribution in [3.05, 3.63) is 48.5 Å². The number of nitrogens with two attached hydrogens (primary N) is 2. The zero-order valence-electron chi connectivity index (χ0n) is 17.3. The molecule has 1 aliphatic heterocycles. The number of likely N-dealkylation sites (tertiary alicyclic amines) is 1. The second-order valence-electron chi connectivity index (χ2n) is 7.95. The van der Waals surface area contributed by atoms with Crippen LogP contribution in [0.1, 0.15) is 33.6 Å². The number of piperidine rings is 1. The number of thiol groups is 1. The Balaban J connectivity index is 0.000000313. The highest BCUT2D eigenvalue weighted by Gasteiger charge is 2.27. The molecule has 158 valence electrons. The van der Waals surface area contributed by atoms with Gasteiger partial charge in [0.05, 0.1) is 0 Å². The van der Waals surface area contributed by atoms with Crippen molar-refractivity contribution in [1.82, 2.24) is 4.90 Å². The van der Waals surface area contributed by atoms with Gasteiger partial charge in [0.15, 0.2) is 0 Å². The van der Waals surface area contributed by atoms with Gasteiger partial charge in [-0.05, 0) is 82.1 Å². The number of amides is 1. The Morgan fingerprint density at radius 3 is 1.93 bits per heavy atom. The molecule has 1 saturated heterocycles. The third-order valence-corrected chi connectivity index (χ3v) is 5.82. The fraction of sp³-hybridized carbons (Fsp3) is 0.409. The number of thioether (sulfide) groups is 1. The van der Waals surface area contributed by atoms with E-state index in [2.05, 4.69) is 24.8 Å². The first kappa shape index (κ1) is 23.3. The fourth-order valence-corrected chi connectivity index (χ4v) is 3.97. The first-order chi connectivity index (χ1) is 13.6. The van der Waals surface area contributed by atoms with Crippen LogP contribution >= 0.6 is 24.4 Å². The minimum absolute atomic E-state index is 0.196. The van der Waals surface area contributed by atoms with E-state index in [4.69, 9.17) is 16.2 Å². The van der Waals surface area contributed by atoms with E-state index in [1.54, 1.807) is 0 Å². The van der Waals surface area contributed by atoms with Crippen LogP contribution in [0.4, 0.5) is 16.2 Å². The van der Waals surface area contributed by atoms with Gasteiger partial charge in [-0.2, -0.15) is 0 Å². The molecular weight excluding hydrogens is 402 g/mol. The summed E-state index contributed by atoms with van der Waals surface area (Å²) in [5.74, 6) is 0. The maximum Gasteiger partial charge on any atom is 0.410 e. The van der Waals surface area contributed by atoms with Crippen molar-refractivity contribution < 1.29 is 9.53 Å². The molecule has 5 nitrogen and oxygen atoms in total. The molecular formula is C22H31N3O2S2. The molecule has 0 radical (unpaired) electrons. The summed E-state index contributed by atoms with van der Waals surface area (Å²) in [5, 5.41) is 0.548. The Kier molecular flexibility index (Phi) is 8.59. The molecule has 0 unspecified atom stereocenters. The van der Waals surface area contributed by atoms with Crippen LogP contribution in [0.3, 0.4) is 0 Å². The first-order valence-electron chi connectivity index (χ1n) is 9.67. The summed E-state index contributed by atoms with van der Waals surface area (Å²) in [5.41, 5.74) is 12.2. The van der Waals surface area contributed by atoms with Gasteiger partial charge in [-0.1, -0.05) is 0 Å². The highest BCUT2D eigenvalue weighted by molar-refractivity contribution is 8.00. The maximum atomic E-state index is 12.0. The van der Waals surface area contributed by atoms with Crippen molar-refractivity contribution in [2.24, 2.45) is 0 Å². The molecule has 0 bridgehead atoms. The largest absolute Gasteiger partial charge is 0.444 e. The van der Waals surface area contributed by atoms with E-state index in [9.17, 15) is 4.79 Å². The third kappa shape index (κ3) is 8.92. The lowest BCUT2D eigenvalue weighted by Crippen LogP contribution is -2.42. The monoisotopic (exact) mass is 433 g/mol. The number of carbonyl (C=O) groups is 1. The minimum Gasteiger partial charge on any atom is -0.444 e. The quantitative estimate of drug-likeness (QED) is 0.441. The summed E-state index contributed by atoms with van der Waals surface area (Å²) in [4.78, 5) is 16.0. The lowest BCUT2D eigenvalue weighted by molar-refractivity contribution is 0.0219. The molecule has 0 aromatic heterocycles. The molecule has 0 spiro atoms. The van der Waals surface area contributed by atoms with Crippen LogP contribution in [0.5, 0.6) is 0 Å². The summed E-state index contributed by atoms with van der Waals surface area (Å²) >= 11 is 5.94. The van der Waals surface area contributed by atoms with Gasteiger partial charge in [-0.3, -0.25) is 0 Å². The Hall–Kier alpha value is -1.99. The molecule has 1 heterocycles. The Morgan fingerprint density at radius 1 is 1.00 bits per heavy atom. The van der Waals surface area contributed by atoms with Gasteiger partial charge in [-0.25, -0.2) is 4.79 Å². The summed E-state index contributed by atoms with van der Waals surface area (Å²) in [6.45, 7) is 7.22. The molecule has 2 aromatic carbocycles. The molecule has 0 saturated carbocycles. The van der Waals surface area contributed by atoms with Crippen LogP contribution in [0.25, 0.3) is 0 Å². The van der Waals surface area contributed by atoms with Crippen molar-refractivity contribution in [3.63, 3.8) is 0 Å². The van der Waals surface area contributed by atoms with E-state index >= 15 is 0 Å². The van der Waals surface area contributed by atoms with Gasteiger partial charge < -0.3 is 21.1 Å². The first-order valence-corrected chi connectivity index (χ1v) is 11.0. The van der Waals surface area contributed by atoms with Crippen LogP contribution < -0.4 is 11.5 Å². The molecule has 1 amide bonds. The van der Waals surface area contributed by atoms with Gasteiger partial charge in [0.1, 0.15) is 5.60 Å². The molecule has 4 N–H and O–H groups in total. The smallest absolute Gasteiger partial charge is 0.410 e. The lowest BCUT2D eigenvalue weighted by Gasteiger charge is -2.33. The summed E-state index contributed by atoms with van der Waals surface area (Å²) in [7, 11) is 0. The van der Waals surface area contributed by atoms with Gasteiger partial charge in [0.2, 0.25) is 0 Å². The van der Waals surface area contributed by atoms with Gasteiger partial charge >= 0.3 is 6.09 Å². The molecule has 2 aromatic rings. The van der Waals surface area contributed by atoms with Crippen molar-refractivity contribution in [3.8, 4) is 0 Å². The van der Waals surface area contributed by atoms with E-state index in [0.29, 0.717) is 5.25 Å². The van der Waals surface area contributed by atoms with Crippen LogP contribution in [0.15, 0.2) is 58.3 Å². The Morgan fingerprint density at radius 2 is 1.48 bits per heavy atom. The van der Waals surface area contributed by atoms with Crippen LogP contribution in [0, 0.1) is 0 Å². The zero-order valence-corrected chi connectivity index (χ0v) is 19.0. The second kappa shape index (κ2) is 10.7. The lowest BCUT2D eigenvalue weighted by atomic mass is 10.1. The number of nitrogen functional groups attached to an aromatic ring is 2. The Labute approximate surface area is 183 Å². The van der Waals surface area contributed by atoms with Crippen molar-refractivity contribution >= 4 is 41.9 Å². The molecule has 1 aliphatic rings.